The van der Waals surface area contributed by atoms with Gasteiger partial charge in [-0.2, -0.15) is 10.2 Å². The fraction of sp³-hybridized carbons (Fsp3) is 0.368. The maximum absolute atomic E-state index is 4.76. The summed E-state index contributed by atoms with van der Waals surface area (Å²) in [5.74, 6) is 1.64. The molecule has 4 aromatic rings. The molecule has 5 rings (SSSR count). The van der Waals surface area contributed by atoms with Crippen LogP contribution >= 0.6 is 0 Å². The number of imidazole rings is 1. The van der Waals surface area contributed by atoms with Crippen molar-refractivity contribution in [2.45, 2.75) is 25.7 Å². The van der Waals surface area contributed by atoms with E-state index in [0.717, 1.165) is 28.4 Å². The molecule has 1 saturated carbocycles. The average Bonchev–Trinajstić information content (AvgIpc) is 3.14. The minimum atomic E-state index is 0.664. The third kappa shape index (κ3) is 3.12. The topological polar surface area (TPSA) is 66.3 Å². The summed E-state index contributed by atoms with van der Waals surface area (Å²) in [6.07, 6.45) is 6.17. The number of pyridine rings is 1. The van der Waals surface area contributed by atoms with Crippen molar-refractivity contribution in [3.05, 3.63) is 48.2 Å². The highest BCUT2D eigenvalue weighted by Crippen LogP contribution is 2.40. The minimum absolute atomic E-state index is 0.664. The second-order valence-electron chi connectivity index (χ2n) is 6.79. The second-order valence-corrected chi connectivity index (χ2v) is 6.79. The standard InChI is InChI=1S/C15H17N5.C4H6N2/c1-9-16-12-7-6-11(17-15(12)19(9)2)14-8-13(10-4-5-10)18-20(14)3;1-6-4-2-3-5-6/h6-8,10H,4-5H2,1-3H3;2-4H,1H3. The number of hydrogen-bond donors (Lipinski definition) is 0. The summed E-state index contributed by atoms with van der Waals surface area (Å²) in [5, 5.41) is 8.44. The first-order valence-electron chi connectivity index (χ1n) is 8.81. The molecule has 26 heavy (non-hydrogen) atoms. The molecule has 7 heteroatoms. The molecule has 0 unspecified atom stereocenters. The van der Waals surface area contributed by atoms with E-state index in [1.54, 1.807) is 10.9 Å². The number of hydrogen-bond acceptors (Lipinski definition) is 4. The number of fused-ring (bicyclic) bond motifs is 1. The molecule has 0 aromatic carbocycles. The maximum Gasteiger partial charge on any atom is 0.160 e. The van der Waals surface area contributed by atoms with Gasteiger partial charge >= 0.3 is 0 Å². The van der Waals surface area contributed by atoms with Crippen LogP contribution in [0.5, 0.6) is 0 Å². The van der Waals surface area contributed by atoms with E-state index in [1.807, 2.05) is 61.7 Å². The molecular weight excluding hydrogens is 326 g/mol. The Morgan fingerprint density at radius 3 is 2.50 bits per heavy atom. The van der Waals surface area contributed by atoms with Crippen molar-refractivity contribution in [3.63, 3.8) is 0 Å². The summed E-state index contributed by atoms with van der Waals surface area (Å²) in [6.45, 7) is 2.00. The molecule has 1 aliphatic rings. The lowest BCUT2D eigenvalue weighted by Crippen LogP contribution is -1.97. The summed E-state index contributed by atoms with van der Waals surface area (Å²) in [6, 6.07) is 8.13. The van der Waals surface area contributed by atoms with Gasteiger partial charge in [0.2, 0.25) is 0 Å². The lowest BCUT2D eigenvalue weighted by Gasteiger charge is -2.02. The van der Waals surface area contributed by atoms with Gasteiger partial charge in [0.05, 0.1) is 17.1 Å². The fourth-order valence-corrected chi connectivity index (χ4v) is 2.97. The van der Waals surface area contributed by atoms with Crippen LogP contribution in [0.1, 0.15) is 30.3 Å². The Morgan fingerprint density at radius 2 is 1.88 bits per heavy atom. The molecular formula is C19H23N7. The van der Waals surface area contributed by atoms with Crippen LogP contribution in [0, 0.1) is 6.92 Å². The van der Waals surface area contributed by atoms with E-state index >= 15 is 0 Å². The van der Waals surface area contributed by atoms with Gasteiger partial charge in [-0.1, -0.05) is 0 Å². The van der Waals surface area contributed by atoms with Gasteiger partial charge in [-0.25, -0.2) is 9.97 Å². The highest BCUT2D eigenvalue weighted by molar-refractivity contribution is 5.75. The molecule has 0 atom stereocenters. The lowest BCUT2D eigenvalue weighted by molar-refractivity contribution is 0.748. The van der Waals surface area contributed by atoms with Crippen LogP contribution < -0.4 is 0 Å². The molecule has 4 aromatic heterocycles. The first-order valence-corrected chi connectivity index (χ1v) is 8.81. The van der Waals surface area contributed by atoms with Gasteiger partial charge in [0.25, 0.3) is 0 Å². The zero-order valence-corrected chi connectivity index (χ0v) is 15.6. The number of aromatic nitrogens is 7. The highest BCUT2D eigenvalue weighted by Gasteiger charge is 2.27. The predicted molar refractivity (Wildman–Crippen MR) is 101 cm³/mol. The van der Waals surface area contributed by atoms with E-state index in [9.17, 15) is 0 Å². The molecule has 0 spiro atoms. The zero-order chi connectivity index (χ0) is 18.3. The van der Waals surface area contributed by atoms with Crippen molar-refractivity contribution >= 4 is 11.2 Å². The zero-order valence-electron chi connectivity index (χ0n) is 15.6. The van der Waals surface area contributed by atoms with Crippen molar-refractivity contribution < 1.29 is 0 Å². The van der Waals surface area contributed by atoms with E-state index in [0.29, 0.717) is 5.92 Å². The molecule has 0 aliphatic heterocycles. The Labute approximate surface area is 152 Å². The van der Waals surface area contributed by atoms with Gasteiger partial charge in [0.1, 0.15) is 11.3 Å². The molecule has 0 saturated heterocycles. The molecule has 1 aliphatic carbocycles. The third-order valence-corrected chi connectivity index (χ3v) is 4.73. The Kier molecular flexibility index (Phi) is 4.06. The maximum atomic E-state index is 4.76. The van der Waals surface area contributed by atoms with Gasteiger partial charge < -0.3 is 4.57 Å². The number of rotatable bonds is 2. The lowest BCUT2D eigenvalue weighted by atomic mass is 10.2. The van der Waals surface area contributed by atoms with E-state index in [4.69, 9.17) is 4.98 Å². The number of nitrogens with zero attached hydrogens (tertiary/aromatic N) is 7. The summed E-state index contributed by atoms with van der Waals surface area (Å²) >= 11 is 0. The van der Waals surface area contributed by atoms with E-state index < -0.39 is 0 Å². The molecule has 7 nitrogen and oxygen atoms in total. The van der Waals surface area contributed by atoms with Gasteiger partial charge in [0.15, 0.2) is 5.65 Å². The van der Waals surface area contributed by atoms with Crippen LogP contribution in [-0.2, 0) is 21.1 Å². The van der Waals surface area contributed by atoms with Crippen LogP contribution in [0.3, 0.4) is 0 Å². The van der Waals surface area contributed by atoms with Gasteiger partial charge in [0, 0.05) is 39.5 Å². The van der Waals surface area contributed by atoms with Gasteiger partial charge in [-0.05, 0) is 44.0 Å². The molecule has 4 heterocycles. The molecule has 0 N–H and O–H groups in total. The first kappa shape index (κ1) is 16.5. The van der Waals surface area contributed by atoms with Crippen LogP contribution in [0.2, 0.25) is 0 Å². The van der Waals surface area contributed by atoms with Crippen molar-refractivity contribution in [1.82, 2.24) is 34.1 Å². The molecule has 0 amide bonds. The molecule has 0 radical (unpaired) electrons. The van der Waals surface area contributed by atoms with Crippen LogP contribution in [0.15, 0.2) is 36.7 Å². The third-order valence-electron chi connectivity index (χ3n) is 4.73. The average molecular weight is 349 g/mol. The Balaban J connectivity index is 0.000000240. The predicted octanol–water partition coefficient (Wildman–Crippen LogP) is 2.97. The van der Waals surface area contributed by atoms with E-state index in [-0.39, 0.29) is 0 Å². The smallest absolute Gasteiger partial charge is 0.160 e. The highest BCUT2D eigenvalue weighted by atomic mass is 15.3. The number of aryl methyl sites for hydroxylation is 4. The summed E-state index contributed by atoms with van der Waals surface area (Å²) in [7, 11) is 5.88. The monoisotopic (exact) mass is 349 g/mol. The SMILES string of the molecule is Cc1nc2ccc(-c3cc(C4CC4)nn3C)nc2n1C.Cn1cccn1. The van der Waals surface area contributed by atoms with E-state index in [1.165, 1.54) is 18.5 Å². The molecule has 134 valence electrons. The van der Waals surface area contributed by atoms with Gasteiger partial charge in [-0.15, -0.1) is 0 Å². The van der Waals surface area contributed by atoms with Crippen molar-refractivity contribution in [3.8, 4) is 11.4 Å². The van der Waals surface area contributed by atoms with Crippen molar-refractivity contribution in [2.24, 2.45) is 21.1 Å². The van der Waals surface area contributed by atoms with Gasteiger partial charge in [-0.3, -0.25) is 9.36 Å². The quantitative estimate of drug-likeness (QED) is 0.558. The summed E-state index contributed by atoms with van der Waals surface area (Å²) < 4.78 is 5.71. The van der Waals surface area contributed by atoms with E-state index in [2.05, 4.69) is 21.2 Å². The van der Waals surface area contributed by atoms with Crippen molar-refractivity contribution in [1.29, 1.82) is 0 Å². The first-order chi connectivity index (χ1) is 12.5. The Hall–Kier alpha value is -2.96. The van der Waals surface area contributed by atoms with Crippen LogP contribution in [0.4, 0.5) is 0 Å². The minimum Gasteiger partial charge on any atom is -0.316 e. The summed E-state index contributed by atoms with van der Waals surface area (Å²) in [4.78, 5) is 9.25. The summed E-state index contributed by atoms with van der Waals surface area (Å²) in [5.41, 5.74) is 5.10. The van der Waals surface area contributed by atoms with Crippen LogP contribution in [-0.4, -0.2) is 34.1 Å². The van der Waals surface area contributed by atoms with Crippen LogP contribution in [0.25, 0.3) is 22.6 Å². The molecule has 0 bridgehead atoms. The Bertz CT molecular complexity index is 1040. The second kappa shape index (κ2) is 6.40. The normalized spacial score (nSPS) is 13.7. The fourth-order valence-electron chi connectivity index (χ4n) is 2.97. The largest absolute Gasteiger partial charge is 0.316 e. The van der Waals surface area contributed by atoms with Crippen molar-refractivity contribution in [2.75, 3.05) is 0 Å². The Morgan fingerprint density at radius 1 is 1.08 bits per heavy atom. The molecule has 1 fully saturated rings.